The average molecular weight is 337 g/mol. The SMILES string of the molecule is CCN(CC)CCNC(=O)C1CCN(C(=O)c2ccsc2)CC1. The minimum Gasteiger partial charge on any atom is -0.355 e. The van der Waals surface area contributed by atoms with E-state index >= 15 is 0 Å². The summed E-state index contributed by atoms with van der Waals surface area (Å²) < 4.78 is 0. The van der Waals surface area contributed by atoms with Crippen molar-refractivity contribution in [1.82, 2.24) is 15.1 Å². The summed E-state index contributed by atoms with van der Waals surface area (Å²) in [4.78, 5) is 28.7. The second-order valence-electron chi connectivity index (χ2n) is 5.90. The van der Waals surface area contributed by atoms with E-state index in [0.29, 0.717) is 19.6 Å². The number of thiophene rings is 1. The molecule has 1 fully saturated rings. The molecular formula is C17H27N3O2S. The van der Waals surface area contributed by atoms with Crippen LogP contribution in [0.4, 0.5) is 0 Å². The van der Waals surface area contributed by atoms with Gasteiger partial charge in [-0.05, 0) is 37.4 Å². The van der Waals surface area contributed by atoms with Crippen molar-refractivity contribution in [3.63, 3.8) is 0 Å². The molecule has 1 aliphatic rings. The van der Waals surface area contributed by atoms with E-state index in [1.165, 1.54) is 11.3 Å². The smallest absolute Gasteiger partial charge is 0.254 e. The molecule has 0 saturated carbocycles. The Kier molecular flexibility index (Phi) is 7.05. The van der Waals surface area contributed by atoms with Crippen LogP contribution in [0.5, 0.6) is 0 Å². The van der Waals surface area contributed by atoms with Crippen molar-refractivity contribution in [2.45, 2.75) is 26.7 Å². The predicted molar refractivity (Wildman–Crippen MR) is 93.7 cm³/mol. The first-order valence-electron chi connectivity index (χ1n) is 8.47. The first kappa shape index (κ1) is 17.9. The van der Waals surface area contributed by atoms with Gasteiger partial charge in [-0.2, -0.15) is 11.3 Å². The molecule has 0 bridgehead atoms. The maximum atomic E-state index is 12.3. The fourth-order valence-electron chi connectivity index (χ4n) is 2.93. The van der Waals surface area contributed by atoms with Crippen molar-refractivity contribution in [3.8, 4) is 0 Å². The summed E-state index contributed by atoms with van der Waals surface area (Å²) in [6.45, 7) is 9.22. The van der Waals surface area contributed by atoms with Crippen LogP contribution in [0.3, 0.4) is 0 Å². The molecule has 0 spiro atoms. The standard InChI is InChI=1S/C17H27N3O2S/c1-3-19(4-2)11-8-18-16(21)14-5-9-20(10-6-14)17(22)15-7-12-23-13-15/h7,12-14H,3-6,8-11H2,1-2H3,(H,18,21). The quantitative estimate of drug-likeness (QED) is 0.828. The van der Waals surface area contributed by atoms with Gasteiger partial charge in [-0.25, -0.2) is 0 Å². The average Bonchev–Trinajstić information content (AvgIpc) is 3.12. The third-order valence-corrected chi connectivity index (χ3v) is 5.23. The minimum absolute atomic E-state index is 0.0400. The number of piperidine rings is 1. The van der Waals surface area contributed by atoms with Crippen LogP contribution in [0, 0.1) is 5.92 Å². The molecular weight excluding hydrogens is 310 g/mol. The molecule has 128 valence electrons. The molecule has 2 amide bonds. The maximum Gasteiger partial charge on any atom is 0.254 e. The molecule has 2 heterocycles. The van der Waals surface area contributed by atoms with Crippen LogP contribution >= 0.6 is 11.3 Å². The van der Waals surface area contributed by atoms with Crippen molar-refractivity contribution in [2.75, 3.05) is 39.3 Å². The Morgan fingerprint density at radius 2 is 2.00 bits per heavy atom. The van der Waals surface area contributed by atoms with E-state index < -0.39 is 0 Å². The van der Waals surface area contributed by atoms with Gasteiger partial charge in [0.05, 0.1) is 5.56 Å². The van der Waals surface area contributed by atoms with Gasteiger partial charge in [-0.1, -0.05) is 13.8 Å². The van der Waals surface area contributed by atoms with Crippen LogP contribution in [0.15, 0.2) is 16.8 Å². The lowest BCUT2D eigenvalue weighted by Gasteiger charge is -2.31. The fourth-order valence-corrected chi connectivity index (χ4v) is 3.56. The van der Waals surface area contributed by atoms with Gasteiger partial charge in [0.2, 0.25) is 5.91 Å². The molecule has 1 N–H and O–H groups in total. The third kappa shape index (κ3) is 5.04. The molecule has 6 heteroatoms. The largest absolute Gasteiger partial charge is 0.355 e. The third-order valence-electron chi connectivity index (χ3n) is 4.54. The van der Waals surface area contributed by atoms with Crippen molar-refractivity contribution >= 4 is 23.2 Å². The summed E-state index contributed by atoms with van der Waals surface area (Å²) in [6, 6.07) is 1.86. The van der Waals surface area contributed by atoms with Gasteiger partial charge in [0.1, 0.15) is 0 Å². The Bertz CT molecular complexity index is 492. The zero-order valence-corrected chi connectivity index (χ0v) is 14.9. The monoisotopic (exact) mass is 337 g/mol. The normalized spacial score (nSPS) is 15.9. The number of rotatable bonds is 7. The molecule has 23 heavy (non-hydrogen) atoms. The maximum absolute atomic E-state index is 12.3. The first-order valence-corrected chi connectivity index (χ1v) is 9.41. The molecule has 1 saturated heterocycles. The number of amides is 2. The number of likely N-dealkylation sites (tertiary alicyclic amines) is 1. The minimum atomic E-state index is 0.0400. The topological polar surface area (TPSA) is 52.7 Å². The Hall–Kier alpha value is -1.40. The van der Waals surface area contributed by atoms with Crippen LogP contribution < -0.4 is 5.32 Å². The highest BCUT2D eigenvalue weighted by atomic mass is 32.1. The summed E-state index contributed by atoms with van der Waals surface area (Å²) in [5.41, 5.74) is 0.761. The second-order valence-corrected chi connectivity index (χ2v) is 6.68. The van der Waals surface area contributed by atoms with Gasteiger partial charge in [0.15, 0.2) is 0 Å². The Morgan fingerprint density at radius 3 is 2.57 bits per heavy atom. The van der Waals surface area contributed by atoms with Crippen molar-refractivity contribution in [2.24, 2.45) is 5.92 Å². The second kappa shape index (κ2) is 9.03. The Labute approximate surface area is 142 Å². The van der Waals surface area contributed by atoms with Gasteiger partial charge in [-0.3, -0.25) is 9.59 Å². The van der Waals surface area contributed by atoms with Gasteiger partial charge in [-0.15, -0.1) is 0 Å². The highest BCUT2D eigenvalue weighted by Gasteiger charge is 2.27. The van der Waals surface area contributed by atoms with Gasteiger partial charge < -0.3 is 15.1 Å². The Morgan fingerprint density at radius 1 is 1.30 bits per heavy atom. The summed E-state index contributed by atoms with van der Waals surface area (Å²) in [5, 5.41) is 6.84. The lowest BCUT2D eigenvalue weighted by Crippen LogP contribution is -2.44. The number of hydrogen-bond acceptors (Lipinski definition) is 4. The summed E-state index contributed by atoms with van der Waals surface area (Å²) in [5.74, 6) is 0.268. The van der Waals surface area contributed by atoms with Crippen LogP contribution in [0.25, 0.3) is 0 Å². The van der Waals surface area contributed by atoms with Gasteiger partial charge in [0, 0.05) is 37.5 Å². The molecule has 0 radical (unpaired) electrons. The predicted octanol–water partition coefficient (Wildman–Crippen LogP) is 2.06. The number of nitrogens with one attached hydrogen (secondary N) is 1. The van der Waals surface area contributed by atoms with Crippen LogP contribution in [0.1, 0.15) is 37.0 Å². The summed E-state index contributed by atoms with van der Waals surface area (Å²) in [7, 11) is 0. The molecule has 1 aromatic rings. The lowest BCUT2D eigenvalue weighted by atomic mass is 9.95. The number of carbonyl (C=O) groups is 2. The molecule has 0 unspecified atom stereocenters. The lowest BCUT2D eigenvalue weighted by molar-refractivity contribution is -0.126. The molecule has 5 nitrogen and oxygen atoms in total. The van der Waals surface area contributed by atoms with Crippen LogP contribution in [-0.2, 0) is 4.79 Å². The van der Waals surface area contributed by atoms with Crippen molar-refractivity contribution in [1.29, 1.82) is 0 Å². The fraction of sp³-hybridized carbons (Fsp3) is 0.647. The zero-order chi connectivity index (χ0) is 16.7. The number of likely N-dealkylation sites (N-methyl/N-ethyl adjacent to an activating group) is 1. The van der Waals surface area contributed by atoms with E-state index in [4.69, 9.17) is 0 Å². The van der Waals surface area contributed by atoms with Crippen molar-refractivity contribution < 1.29 is 9.59 Å². The number of hydrogen-bond donors (Lipinski definition) is 1. The van der Waals surface area contributed by atoms with E-state index in [9.17, 15) is 9.59 Å². The first-order chi connectivity index (χ1) is 11.2. The molecule has 0 atom stereocenters. The van der Waals surface area contributed by atoms with Gasteiger partial charge >= 0.3 is 0 Å². The van der Waals surface area contributed by atoms with Gasteiger partial charge in [0.25, 0.3) is 5.91 Å². The van der Waals surface area contributed by atoms with E-state index in [0.717, 1.165) is 38.0 Å². The molecule has 1 aromatic heterocycles. The number of carbonyl (C=O) groups excluding carboxylic acids is 2. The van der Waals surface area contributed by atoms with Crippen LogP contribution in [0.2, 0.25) is 0 Å². The Balaban J connectivity index is 1.71. The van der Waals surface area contributed by atoms with Crippen molar-refractivity contribution in [3.05, 3.63) is 22.4 Å². The highest BCUT2D eigenvalue weighted by molar-refractivity contribution is 7.08. The van der Waals surface area contributed by atoms with E-state index in [-0.39, 0.29) is 17.7 Å². The highest BCUT2D eigenvalue weighted by Crippen LogP contribution is 2.20. The molecule has 1 aliphatic heterocycles. The summed E-state index contributed by atoms with van der Waals surface area (Å²) >= 11 is 1.54. The van der Waals surface area contributed by atoms with Crippen LogP contribution in [-0.4, -0.2) is 60.9 Å². The molecule has 0 aromatic carbocycles. The molecule has 0 aliphatic carbocycles. The molecule has 2 rings (SSSR count). The van der Waals surface area contributed by atoms with E-state index in [2.05, 4.69) is 24.1 Å². The van der Waals surface area contributed by atoms with E-state index in [1.54, 1.807) is 0 Å². The number of nitrogens with zero attached hydrogens (tertiary/aromatic N) is 2. The zero-order valence-electron chi connectivity index (χ0n) is 14.1. The van der Waals surface area contributed by atoms with E-state index in [1.807, 2.05) is 21.7 Å². The summed E-state index contributed by atoms with van der Waals surface area (Å²) in [6.07, 6.45) is 1.51.